The first-order valence-corrected chi connectivity index (χ1v) is 6.51. The lowest BCUT2D eigenvalue weighted by Gasteiger charge is -2.29. The highest BCUT2D eigenvalue weighted by atomic mass is 16.5. The molecule has 0 bridgehead atoms. The molecule has 1 aliphatic heterocycles. The van der Waals surface area contributed by atoms with Crippen LogP contribution in [0.4, 0.5) is 5.69 Å². The quantitative estimate of drug-likeness (QED) is 0.648. The molecule has 6 heteroatoms. The zero-order valence-electron chi connectivity index (χ0n) is 11.8. The molecule has 1 aromatic rings. The summed E-state index contributed by atoms with van der Waals surface area (Å²) < 4.78 is 15.9. The molecule has 1 fully saturated rings. The second kappa shape index (κ2) is 6.58. The highest BCUT2D eigenvalue weighted by Gasteiger charge is 2.18. The topological polar surface area (TPSA) is 74.0 Å². The number of esters is 1. The van der Waals surface area contributed by atoms with E-state index in [1.165, 1.54) is 7.11 Å². The minimum absolute atomic E-state index is 0.0356. The molecule has 0 saturated carbocycles. The van der Waals surface area contributed by atoms with Crippen molar-refractivity contribution in [3.63, 3.8) is 0 Å². The van der Waals surface area contributed by atoms with Gasteiger partial charge in [0.05, 0.1) is 25.0 Å². The molecule has 0 spiro atoms. The van der Waals surface area contributed by atoms with Crippen LogP contribution in [-0.2, 0) is 9.47 Å². The van der Waals surface area contributed by atoms with Crippen LogP contribution < -0.4 is 10.5 Å². The number of hydrogen-bond acceptors (Lipinski definition) is 6. The lowest BCUT2D eigenvalue weighted by atomic mass is 10.2. The number of nitrogens with zero attached hydrogens (tertiary/aromatic N) is 1. The molecule has 0 aromatic heterocycles. The first-order chi connectivity index (χ1) is 9.60. The Labute approximate surface area is 118 Å². The fourth-order valence-electron chi connectivity index (χ4n) is 2.08. The standard InChI is InChI=1S/C14H20N2O4/c1-16-5-6-19-11(8-16)9-20-13-4-3-10(7-12(13)15)14(17)18-2/h3-4,7,11H,5-6,8-9,15H2,1-2H3. The lowest BCUT2D eigenvalue weighted by molar-refractivity contribution is -0.0402. The Kier molecular flexibility index (Phi) is 4.81. The molecule has 1 saturated heterocycles. The van der Waals surface area contributed by atoms with Crippen LogP contribution in [0.1, 0.15) is 10.4 Å². The maximum absolute atomic E-state index is 11.4. The molecule has 2 rings (SSSR count). The van der Waals surface area contributed by atoms with Gasteiger partial charge in [0, 0.05) is 13.1 Å². The van der Waals surface area contributed by atoms with Crippen molar-refractivity contribution in [3.8, 4) is 5.75 Å². The van der Waals surface area contributed by atoms with E-state index >= 15 is 0 Å². The van der Waals surface area contributed by atoms with E-state index in [0.717, 1.165) is 13.1 Å². The van der Waals surface area contributed by atoms with Crippen molar-refractivity contribution in [1.82, 2.24) is 4.90 Å². The van der Waals surface area contributed by atoms with Gasteiger partial charge in [-0.25, -0.2) is 4.79 Å². The van der Waals surface area contributed by atoms with Crippen molar-refractivity contribution < 1.29 is 19.0 Å². The summed E-state index contributed by atoms with van der Waals surface area (Å²) in [4.78, 5) is 13.6. The van der Waals surface area contributed by atoms with E-state index in [1.54, 1.807) is 18.2 Å². The second-order valence-electron chi connectivity index (χ2n) is 4.81. The number of benzene rings is 1. The molecule has 20 heavy (non-hydrogen) atoms. The summed E-state index contributed by atoms with van der Waals surface area (Å²) in [7, 11) is 3.38. The number of ether oxygens (including phenoxy) is 3. The Morgan fingerprint density at radius 2 is 2.35 bits per heavy atom. The summed E-state index contributed by atoms with van der Waals surface area (Å²) in [6.07, 6.45) is 0.0356. The molecule has 0 aliphatic carbocycles. The molecule has 0 amide bonds. The molecule has 110 valence electrons. The Morgan fingerprint density at radius 1 is 1.55 bits per heavy atom. The highest BCUT2D eigenvalue weighted by molar-refractivity contribution is 5.90. The Hall–Kier alpha value is -1.79. The van der Waals surface area contributed by atoms with E-state index in [9.17, 15) is 4.79 Å². The van der Waals surface area contributed by atoms with E-state index in [2.05, 4.69) is 16.7 Å². The van der Waals surface area contributed by atoms with Crippen LogP contribution in [0.25, 0.3) is 0 Å². The molecule has 1 aromatic carbocycles. The number of nitrogens with two attached hydrogens (primary N) is 1. The maximum atomic E-state index is 11.4. The van der Waals surface area contributed by atoms with Crippen LogP contribution in [0.5, 0.6) is 5.75 Å². The van der Waals surface area contributed by atoms with E-state index in [-0.39, 0.29) is 6.10 Å². The normalized spacial score (nSPS) is 19.6. The smallest absolute Gasteiger partial charge is 0.337 e. The predicted octanol–water partition coefficient (Wildman–Crippen LogP) is 0.765. The van der Waals surface area contributed by atoms with Crippen molar-refractivity contribution in [3.05, 3.63) is 23.8 Å². The van der Waals surface area contributed by atoms with Crippen LogP contribution in [0, 0.1) is 0 Å². The van der Waals surface area contributed by atoms with E-state index in [4.69, 9.17) is 15.2 Å². The van der Waals surface area contributed by atoms with Crippen LogP contribution in [-0.4, -0.2) is 57.4 Å². The zero-order valence-corrected chi connectivity index (χ0v) is 11.8. The van der Waals surface area contributed by atoms with Gasteiger partial charge in [-0.05, 0) is 25.2 Å². The second-order valence-corrected chi connectivity index (χ2v) is 4.81. The van der Waals surface area contributed by atoms with Crippen LogP contribution in [0.15, 0.2) is 18.2 Å². The minimum Gasteiger partial charge on any atom is -0.489 e. The molecule has 1 unspecified atom stereocenters. The fraction of sp³-hybridized carbons (Fsp3) is 0.500. The van der Waals surface area contributed by atoms with Gasteiger partial charge in [0.2, 0.25) is 0 Å². The number of carbonyl (C=O) groups excluding carboxylic acids is 1. The molecular weight excluding hydrogens is 260 g/mol. The van der Waals surface area contributed by atoms with E-state index < -0.39 is 5.97 Å². The third-order valence-electron chi connectivity index (χ3n) is 3.20. The summed E-state index contributed by atoms with van der Waals surface area (Å²) in [6, 6.07) is 4.86. The van der Waals surface area contributed by atoms with Crippen molar-refractivity contribution in [1.29, 1.82) is 0 Å². The third-order valence-corrected chi connectivity index (χ3v) is 3.20. The van der Waals surface area contributed by atoms with E-state index in [0.29, 0.717) is 30.2 Å². The monoisotopic (exact) mass is 280 g/mol. The van der Waals surface area contributed by atoms with Crippen LogP contribution in [0.2, 0.25) is 0 Å². The Bertz CT molecular complexity index is 478. The maximum Gasteiger partial charge on any atom is 0.337 e. The van der Waals surface area contributed by atoms with Gasteiger partial charge >= 0.3 is 5.97 Å². The average Bonchev–Trinajstić information content (AvgIpc) is 2.45. The van der Waals surface area contributed by atoms with Crippen LogP contribution >= 0.6 is 0 Å². The van der Waals surface area contributed by atoms with Crippen LogP contribution in [0.3, 0.4) is 0 Å². The molecule has 2 N–H and O–H groups in total. The van der Waals surface area contributed by atoms with Gasteiger partial charge in [-0.15, -0.1) is 0 Å². The first kappa shape index (κ1) is 14.6. The third kappa shape index (κ3) is 3.61. The van der Waals surface area contributed by atoms with Gasteiger partial charge in [0.25, 0.3) is 0 Å². The molecule has 1 heterocycles. The SMILES string of the molecule is COC(=O)c1ccc(OCC2CN(C)CCO2)c(N)c1. The van der Waals surface area contributed by atoms with E-state index in [1.807, 2.05) is 0 Å². The fourth-order valence-corrected chi connectivity index (χ4v) is 2.08. The number of carbonyl (C=O) groups is 1. The highest BCUT2D eigenvalue weighted by Crippen LogP contribution is 2.23. The average molecular weight is 280 g/mol. The summed E-state index contributed by atoms with van der Waals surface area (Å²) >= 11 is 0. The van der Waals surface area contributed by atoms with Gasteiger partial charge in [-0.3, -0.25) is 0 Å². The molecule has 1 aliphatic rings. The largest absolute Gasteiger partial charge is 0.489 e. The summed E-state index contributed by atoms with van der Waals surface area (Å²) in [6.45, 7) is 2.92. The summed E-state index contributed by atoms with van der Waals surface area (Å²) in [5.41, 5.74) is 6.70. The molecular formula is C14H20N2O4. The van der Waals surface area contributed by atoms with Gasteiger partial charge in [0.15, 0.2) is 0 Å². The summed E-state index contributed by atoms with van der Waals surface area (Å²) in [5, 5.41) is 0. The number of anilines is 1. The van der Waals surface area contributed by atoms with Crippen molar-refractivity contribution in [2.24, 2.45) is 0 Å². The number of rotatable bonds is 4. The number of likely N-dealkylation sites (N-methyl/N-ethyl adjacent to an activating group) is 1. The molecule has 0 radical (unpaired) electrons. The number of hydrogen-bond donors (Lipinski definition) is 1. The van der Waals surface area contributed by atoms with Gasteiger partial charge in [-0.1, -0.05) is 0 Å². The van der Waals surface area contributed by atoms with Gasteiger partial charge in [0.1, 0.15) is 18.5 Å². The van der Waals surface area contributed by atoms with Crippen molar-refractivity contribution in [2.75, 3.05) is 46.2 Å². The lowest BCUT2D eigenvalue weighted by Crippen LogP contribution is -2.42. The Balaban J connectivity index is 1.94. The number of nitrogen functional groups attached to an aromatic ring is 1. The zero-order chi connectivity index (χ0) is 14.5. The molecule has 6 nitrogen and oxygen atoms in total. The van der Waals surface area contributed by atoms with Gasteiger partial charge in [-0.2, -0.15) is 0 Å². The number of morpholine rings is 1. The molecule has 1 atom stereocenters. The Morgan fingerprint density at radius 3 is 3.00 bits per heavy atom. The van der Waals surface area contributed by atoms with Crippen molar-refractivity contribution in [2.45, 2.75) is 6.10 Å². The number of methoxy groups -OCH3 is 1. The summed E-state index contributed by atoms with van der Waals surface area (Å²) in [5.74, 6) is 0.134. The van der Waals surface area contributed by atoms with Crippen molar-refractivity contribution >= 4 is 11.7 Å². The first-order valence-electron chi connectivity index (χ1n) is 6.51. The van der Waals surface area contributed by atoms with Gasteiger partial charge < -0.3 is 24.8 Å². The predicted molar refractivity (Wildman–Crippen MR) is 74.9 cm³/mol. The minimum atomic E-state index is -0.416.